The fraction of sp³-hybridized carbons (Fsp3) is 0.435. The summed E-state index contributed by atoms with van der Waals surface area (Å²) < 4.78 is 31.4. The van der Waals surface area contributed by atoms with Crippen molar-refractivity contribution in [3.8, 4) is 5.75 Å². The second kappa shape index (κ2) is 11.0. The summed E-state index contributed by atoms with van der Waals surface area (Å²) in [5.74, 6) is 0.696. The van der Waals surface area contributed by atoms with Crippen molar-refractivity contribution >= 4 is 21.6 Å². The van der Waals surface area contributed by atoms with E-state index in [1.165, 1.54) is 16.1 Å². The molecule has 0 bridgehead atoms. The van der Waals surface area contributed by atoms with Gasteiger partial charge in [-0.05, 0) is 56.0 Å². The van der Waals surface area contributed by atoms with Crippen molar-refractivity contribution in [2.24, 2.45) is 0 Å². The summed E-state index contributed by atoms with van der Waals surface area (Å²) in [6, 6.07) is 13.4. The fourth-order valence-electron chi connectivity index (χ4n) is 3.17. The van der Waals surface area contributed by atoms with Gasteiger partial charge >= 0.3 is 0 Å². The smallest absolute Gasteiger partial charge is 0.232 e. The number of hydrogen-bond acceptors (Lipinski definition) is 4. The quantitative estimate of drug-likeness (QED) is 0.551. The van der Waals surface area contributed by atoms with Crippen LogP contribution in [0.1, 0.15) is 36.5 Å². The van der Waals surface area contributed by atoms with E-state index >= 15 is 0 Å². The lowest BCUT2D eigenvalue weighted by molar-refractivity contribution is -0.121. The number of anilines is 1. The van der Waals surface area contributed by atoms with E-state index in [-0.39, 0.29) is 18.9 Å². The molecule has 2 aromatic carbocycles. The first-order valence-corrected chi connectivity index (χ1v) is 12.1. The number of hydrogen-bond donors (Lipinski definition) is 1. The van der Waals surface area contributed by atoms with Crippen LogP contribution in [0.25, 0.3) is 0 Å². The second-order valence-electron chi connectivity index (χ2n) is 7.43. The van der Waals surface area contributed by atoms with Crippen molar-refractivity contribution in [2.75, 3.05) is 30.3 Å². The molecule has 0 atom stereocenters. The Hall–Kier alpha value is -2.54. The summed E-state index contributed by atoms with van der Waals surface area (Å²) in [7, 11) is -3.41. The molecule has 2 rings (SSSR count). The predicted octanol–water partition coefficient (Wildman–Crippen LogP) is 3.61. The standard InChI is InChI=1S/C23H32N2O4S/c1-5-20-9-11-21(12-10-20)25(30(4,27)28)15-6-7-23(26)24-14-16-29-22-13-8-18(2)17-19(22)3/h8-13,17H,5-7,14-16H2,1-4H3,(H,24,26). The Balaban J connectivity index is 1.77. The van der Waals surface area contributed by atoms with Crippen molar-refractivity contribution < 1.29 is 17.9 Å². The molecule has 0 fully saturated rings. The van der Waals surface area contributed by atoms with Crippen LogP contribution in [0.3, 0.4) is 0 Å². The Kier molecular flexibility index (Phi) is 8.72. The molecule has 0 radical (unpaired) electrons. The number of carbonyl (C=O) groups is 1. The van der Waals surface area contributed by atoms with Gasteiger partial charge in [-0.15, -0.1) is 0 Å². The van der Waals surface area contributed by atoms with Crippen molar-refractivity contribution in [3.63, 3.8) is 0 Å². The van der Waals surface area contributed by atoms with Gasteiger partial charge < -0.3 is 10.1 Å². The maximum absolute atomic E-state index is 12.2. The Morgan fingerprint density at radius 3 is 2.40 bits per heavy atom. The maximum atomic E-state index is 12.2. The van der Waals surface area contributed by atoms with Gasteiger partial charge in [-0.1, -0.05) is 36.8 Å². The molecule has 0 saturated heterocycles. The number of nitrogens with one attached hydrogen (secondary N) is 1. The molecule has 0 spiro atoms. The third-order valence-corrected chi connectivity index (χ3v) is 6.00. The molecule has 0 aliphatic carbocycles. The van der Waals surface area contributed by atoms with Crippen molar-refractivity contribution in [1.29, 1.82) is 0 Å². The molecule has 7 heteroatoms. The topological polar surface area (TPSA) is 75.7 Å². The van der Waals surface area contributed by atoms with Gasteiger partial charge in [-0.3, -0.25) is 9.10 Å². The zero-order chi connectivity index (χ0) is 22.1. The highest BCUT2D eigenvalue weighted by Crippen LogP contribution is 2.20. The molecule has 0 aliphatic rings. The normalized spacial score (nSPS) is 11.2. The van der Waals surface area contributed by atoms with Gasteiger partial charge in [0.15, 0.2) is 0 Å². The van der Waals surface area contributed by atoms with Gasteiger partial charge in [0.2, 0.25) is 15.9 Å². The lowest BCUT2D eigenvalue weighted by atomic mass is 10.1. The molecule has 0 aromatic heterocycles. The van der Waals surface area contributed by atoms with E-state index < -0.39 is 10.0 Å². The number of carbonyl (C=O) groups excluding carboxylic acids is 1. The molecule has 6 nitrogen and oxygen atoms in total. The Morgan fingerprint density at radius 1 is 1.10 bits per heavy atom. The maximum Gasteiger partial charge on any atom is 0.232 e. The number of benzene rings is 2. The van der Waals surface area contributed by atoms with Crippen LogP contribution in [-0.2, 0) is 21.2 Å². The summed E-state index contributed by atoms with van der Waals surface area (Å²) >= 11 is 0. The minimum absolute atomic E-state index is 0.117. The highest BCUT2D eigenvalue weighted by Gasteiger charge is 2.17. The SMILES string of the molecule is CCc1ccc(N(CCCC(=O)NCCOc2ccc(C)cc2C)S(C)(=O)=O)cc1. The van der Waals surface area contributed by atoms with E-state index in [1.54, 1.807) is 0 Å². The summed E-state index contributed by atoms with van der Waals surface area (Å²) in [5, 5.41) is 2.82. The van der Waals surface area contributed by atoms with Crippen molar-refractivity contribution in [2.45, 2.75) is 40.0 Å². The number of sulfonamides is 1. The van der Waals surface area contributed by atoms with E-state index in [0.29, 0.717) is 25.3 Å². The van der Waals surface area contributed by atoms with Crippen LogP contribution in [-0.4, -0.2) is 40.3 Å². The van der Waals surface area contributed by atoms with Gasteiger partial charge in [-0.25, -0.2) is 8.42 Å². The molecule has 2 aromatic rings. The van der Waals surface area contributed by atoms with Crippen molar-refractivity contribution in [3.05, 3.63) is 59.2 Å². The third-order valence-electron chi connectivity index (χ3n) is 4.81. The van der Waals surface area contributed by atoms with Gasteiger partial charge in [0.25, 0.3) is 0 Å². The van der Waals surface area contributed by atoms with E-state index in [9.17, 15) is 13.2 Å². The minimum atomic E-state index is -3.41. The van der Waals surface area contributed by atoms with Crippen LogP contribution in [0.2, 0.25) is 0 Å². The Morgan fingerprint density at radius 2 is 1.80 bits per heavy atom. The summed E-state index contributed by atoms with van der Waals surface area (Å²) in [6.45, 7) is 7.12. The summed E-state index contributed by atoms with van der Waals surface area (Å²) in [6.07, 6.45) is 2.77. The molecule has 30 heavy (non-hydrogen) atoms. The van der Waals surface area contributed by atoms with Crippen LogP contribution in [0.4, 0.5) is 5.69 Å². The van der Waals surface area contributed by atoms with Crippen LogP contribution in [0.5, 0.6) is 5.75 Å². The average molecular weight is 433 g/mol. The second-order valence-corrected chi connectivity index (χ2v) is 9.33. The van der Waals surface area contributed by atoms with Crippen LogP contribution in [0, 0.1) is 13.8 Å². The van der Waals surface area contributed by atoms with E-state index in [2.05, 4.69) is 18.3 Å². The first kappa shape index (κ1) is 23.7. The zero-order valence-electron chi connectivity index (χ0n) is 18.3. The number of ether oxygens (including phenoxy) is 1. The molecule has 1 N–H and O–H groups in total. The third kappa shape index (κ3) is 7.37. The lowest BCUT2D eigenvalue weighted by Crippen LogP contribution is -2.32. The van der Waals surface area contributed by atoms with Crippen molar-refractivity contribution in [1.82, 2.24) is 5.32 Å². The molecule has 0 aliphatic heterocycles. The highest BCUT2D eigenvalue weighted by atomic mass is 32.2. The average Bonchev–Trinajstić information content (AvgIpc) is 2.69. The molecule has 0 heterocycles. The van der Waals surface area contributed by atoms with Gasteiger partial charge in [-0.2, -0.15) is 0 Å². The first-order valence-electron chi connectivity index (χ1n) is 10.2. The van der Waals surface area contributed by atoms with Crippen LogP contribution >= 0.6 is 0 Å². The van der Waals surface area contributed by atoms with Crippen LogP contribution < -0.4 is 14.4 Å². The highest BCUT2D eigenvalue weighted by molar-refractivity contribution is 7.92. The predicted molar refractivity (Wildman–Crippen MR) is 122 cm³/mol. The number of rotatable bonds is 11. The first-order chi connectivity index (χ1) is 14.2. The van der Waals surface area contributed by atoms with E-state index in [1.807, 2.05) is 50.2 Å². The molecule has 164 valence electrons. The lowest BCUT2D eigenvalue weighted by Gasteiger charge is -2.22. The molecule has 0 unspecified atom stereocenters. The largest absolute Gasteiger partial charge is 0.491 e. The summed E-state index contributed by atoms with van der Waals surface area (Å²) in [5.41, 5.74) is 4.01. The van der Waals surface area contributed by atoms with Gasteiger partial charge in [0.05, 0.1) is 18.5 Å². The number of amides is 1. The van der Waals surface area contributed by atoms with E-state index in [0.717, 1.165) is 23.3 Å². The summed E-state index contributed by atoms with van der Waals surface area (Å²) in [4.78, 5) is 12.1. The minimum Gasteiger partial charge on any atom is -0.491 e. The van der Waals surface area contributed by atoms with Crippen LogP contribution in [0.15, 0.2) is 42.5 Å². The number of aryl methyl sites for hydroxylation is 3. The monoisotopic (exact) mass is 432 g/mol. The molecule has 1 amide bonds. The Labute approximate surface area is 180 Å². The molecular formula is C23H32N2O4S. The van der Waals surface area contributed by atoms with Gasteiger partial charge in [0, 0.05) is 13.0 Å². The van der Waals surface area contributed by atoms with Gasteiger partial charge in [0.1, 0.15) is 12.4 Å². The zero-order valence-corrected chi connectivity index (χ0v) is 19.1. The Bertz CT molecular complexity index is 940. The number of nitrogens with zero attached hydrogens (tertiary/aromatic N) is 1. The van der Waals surface area contributed by atoms with E-state index in [4.69, 9.17) is 4.74 Å². The fourth-order valence-corrected chi connectivity index (χ4v) is 4.13. The molecule has 0 saturated carbocycles. The molecular weight excluding hydrogens is 400 g/mol.